The maximum atomic E-state index is 11.4. The molecule has 1 unspecified atom stereocenters. The number of anilines is 1. The van der Waals surface area contributed by atoms with Gasteiger partial charge in [0, 0.05) is 12.8 Å². The Balaban J connectivity index is 2.47. The molecule has 0 saturated heterocycles. The zero-order chi connectivity index (χ0) is 12.0. The van der Waals surface area contributed by atoms with Gasteiger partial charge in [-0.15, -0.1) is 0 Å². The number of nitrogens with zero attached hydrogens (tertiary/aromatic N) is 1. The van der Waals surface area contributed by atoms with Gasteiger partial charge >= 0.3 is 0 Å². The van der Waals surface area contributed by atoms with Crippen molar-refractivity contribution in [1.29, 1.82) is 0 Å². The van der Waals surface area contributed by atoms with Crippen LogP contribution in [0.1, 0.15) is 6.92 Å². The van der Waals surface area contributed by atoms with Gasteiger partial charge in [0.25, 0.3) is 5.91 Å². The van der Waals surface area contributed by atoms with E-state index in [0.29, 0.717) is 17.4 Å². The Bertz CT molecular complexity index is 342. The van der Waals surface area contributed by atoms with Crippen LogP contribution in [0, 0.1) is 0 Å². The van der Waals surface area contributed by atoms with E-state index in [0.717, 1.165) is 0 Å². The summed E-state index contributed by atoms with van der Waals surface area (Å²) in [7, 11) is 0. The Hall–Kier alpha value is -1.17. The minimum absolute atomic E-state index is 0.0318. The molecule has 88 valence electrons. The molecule has 0 aliphatic rings. The number of ether oxygens (including phenoxy) is 1. The number of carbonyl (C=O) groups is 1. The highest BCUT2D eigenvalue weighted by molar-refractivity contribution is 6.30. The number of rotatable bonds is 5. The molecule has 1 rings (SSSR count). The number of halogens is 1. The largest absolute Gasteiger partial charge is 0.381 e. The lowest BCUT2D eigenvalue weighted by molar-refractivity contribution is -0.126. The van der Waals surface area contributed by atoms with E-state index in [1.54, 1.807) is 19.1 Å². The van der Waals surface area contributed by atoms with Gasteiger partial charge in [-0.2, -0.15) is 0 Å². The third kappa shape index (κ3) is 4.14. The molecule has 0 saturated carbocycles. The third-order valence-electron chi connectivity index (χ3n) is 1.76. The normalized spacial score (nSPS) is 12.2. The summed E-state index contributed by atoms with van der Waals surface area (Å²) in [6.45, 7) is 2.20. The fraction of sp³-hybridized carbons (Fsp3) is 0.400. The molecular formula is C10H13ClN2O3. The molecule has 0 radical (unpaired) electrons. The Morgan fingerprint density at radius 1 is 1.69 bits per heavy atom. The lowest BCUT2D eigenvalue weighted by atomic mass is 10.3. The molecule has 1 atom stereocenters. The van der Waals surface area contributed by atoms with E-state index in [1.165, 1.54) is 6.20 Å². The molecular weight excluding hydrogens is 232 g/mol. The predicted octanol–water partition coefficient (Wildman–Crippen LogP) is 1.07. The number of amides is 1. The number of aliphatic hydroxyl groups excluding tert-OH is 1. The minimum Gasteiger partial charge on any atom is -0.381 e. The molecule has 0 aromatic carbocycles. The quantitative estimate of drug-likeness (QED) is 0.813. The maximum absolute atomic E-state index is 11.4. The van der Waals surface area contributed by atoms with Crippen molar-refractivity contribution in [2.45, 2.75) is 13.0 Å². The van der Waals surface area contributed by atoms with Crippen LogP contribution in [0.2, 0.25) is 5.02 Å². The molecule has 16 heavy (non-hydrogen) atoms. The lowest BCUT2D eigenvalue weighted by Gasteiger charge is -2.10. The Morgan fingerprint density at radius 2 is 2.44 bits per heavy atom. The van der Waals surface area contributed by atoms with Crippen molar-refractivity contribution in [3.8, 4) is 0 Å². The standard InChI is InChI=1S/C10H13ClN2O3/c1-2-16-6-8(14)10(15)13-9-4-3-7(11)5-12-9/h3-5,8,14H,2,6H2,1H3,(H,12,13,15). The molecule has 1 aromatic heterocycles. The highest BCUT2D eigenvalue weighted by atomic mass is 35.5. The van der Waals surface area contributed by atoms with E-state index < -0.39 is 12.0 Å². The first-order valence-corrected chi connectivity index (χ1v) is 5.19. The van der Waals surface area contributed by atoms with Gasteiger partial charge in [-0.3, -0.25) is 4.79 Å². The van der Waals surface area contributed by atoms with Crippen molar-refractivity contribution < 1.29 is 14.6 Å². The van der Waals surface area contributed by atoms with Crippen LogP contribution in [0.5, 0.6) is 0 Å². The van der Waals surface area contributed by atoms with Crippen LogP contribution in [0.3, 0.4) is 0 Å². The summed E-state index contributed by atoms with van der Waals surface area (Å²) in [6, 6.07) is 3.15. The van der Waals surface area contributed by atoms with Gasteiger partial charge in [0.15, 0.2) is 6.10 Å². The minimum atomic E-state index is -1.20. The summed E-state index contributed by atoms with van der Waals surface area (Å²) < 4.78 is 4.92. The predicted molar refractivity (Wildman–Crippen MR) is 60.4 cm³/mol. The summed E-state index contributed by atoms with van der Waals surface area (Å²) in [5.41, 5.74) is 0. The summed E-state index contributed by atoms with van der Waals surface area (Å²) in [4.78, 5) is 15.3. The van der Waals surface area contributed by atoms with E-state index in [-0.39, 0.29) is 6.61 Å². The van der Waals surface area contributed by atoms with Gasteiger partial charge in [-0.25, -0.2) is 4.98 Å². The van der Waals surface area contributed by atoms with Crippen molar-refractivity contribution in [1.82, 2.24) is 4.98 Å². The number of hydrogen-bond acceptors (Lipinski definition) is 4. The van der Waals surface area contributed by atoms with E-state index in [2.05, 4.69) is 10.3 Å². The fourth-order valence-electron chi connectivity index (χ4n) is 0.964. The van der Waals surface area contributed by atoms with Crippen LogP contribution in [-0.4, -0.2) is 35.3 Å². The SMILES string of the molecule is CCOCC(O)C(=O)Nc1ccc(Cl)cn1. The van der Waals surface area contributed by atoms with Crippen LogP contribution in [0.4, 0.5) is 5.82 Å². The Labute approximate surface area is 98.4 Å². The molecule has 0 aliphatic carbocycles. The Morgan fingerprint density at radius 3 is 3.00 bits per heavy atom. The van der Waals surface area contributed by atoms with Crippen molar-refractivity contribution in [3.05, 3.63) is 23.4 Å². The van der Waals surface area contributed by atoms with E-state index in [1.807, 2.05) is 0 Å². The van der Waals surface area contributed by atoms with Crippen molar-refractivity contribution >= 4 is 23.3 Å². The van der Waals surface area contributed by atoms with Crippen molar-refractivity contribution in [3.63, 3.8) is 0 Å². The monoisotopic (exact) mass is 244 g/mol. The number of hydrogen-bond donors (Lipinski definition) is 2. The van der Waals surface area contributed by atoms with E-state index >= 15 is 0 Å². The third-order valence-corrected chi connectivity index (χ3v) is 1.98. The molecule has 2 N–H and O–H groups in total. The van der Waals surface area contributed by atoms with Gasteiger partial charge in [-0.1, -0.05) is 11.6 Å². The first-order valence-electron chi connectivity index (χ1n) is 4.81. The first-order chi connectivity index (χ1) is 7.63. The summed E-state index contributed by atoms with van der Waals surface area (Å²) in [5, 5.41) is 12.3. The van der Waals surface area contributed by atoms with Crippen molar-refractivity contribution in [2.24, 2.45) is 0 Å². The first kappa shape index (κ1) is 12.9. The summed E-state index contributed by atoms with van der Waals surface area (Å²) in [5.74, 6) is -0.215. The van der Waals surface area contributed by atoms with Crippen LogP contribution < -0.4 is 5.32 Å². The maximum Gasteiger partial charge on any atom is 0.256 e. The average Bonchev–Trinajstić information content (AvgIpc) is 2.29. The number of aromatic nitrogens is 1. The molecule has 0 fully saturated rings. The molecule has 5 nitrogen and oxygen atoms in total. The van der Waals surface area contributed by atoms with Gasteiger partial charge in [0.1, 0.15) is 5.82 Å². The zero-order valence-corrected chi connectivity index (χ0v) is 9.57. The molecule has 6 heteroatoms. The molecule has 1 heterocycles. The highest BCUT2D eigenvalue weighted by Gasteiger charge is 2.15. The van der Waals surface area contributed by atoms with Gasteiger partial charge in [0.2, 0.25) is 0 Å². The fourth-order valence-corrected chi connectivity index (χ4v) is 1.08. The van der Waals surface area contributed by atoms with E-state index in [4.69, 9.17) is 16.3 Å². The number of aliphatic hydroxyl groups is 1. The van der Waals surface area contributed by atoms with Crippen molar-refractivity contribution in [2.75, 3.05) is 18.5 Å². The van der Waals surface area contributed by atoms with Crippen LogP contribution in [0.15, 0.2) is 18.3 Å². The lowest BCUT2D eigenvalue weighted by Crippen LogP contribution is -2.32. The average molecular weight is 245 g/mol. The molecule has 1 aromatic rings. The van der Waals surface area contributed by atoms with Gasteiger partial charge in [0.05, 0.1) is 11.6 Å². The molecule has 0 spiro atoms. The second-order valence-electron chi connectivity index (χ2n) is 3.03. The number of pyridine rings is 1. The highest BCUT2D eigenvalue weighted by Crippen LogP contribution is 2.09. The molecule has 0 aliphatic heterocycles. The smallest absolute Gasteiger partial charge is 0.256 e. The molecule has 1 amide bonds. The zero-order valence-electron chi connectivity index (χ0n) is 8.81. The van der Waals surface area contributed by atoms with Crippen LogP contribution in [-0.2, 0) is 9.53 Å². The second kappa shape index (κ2) is 6.42. The summed E-state index contributed by atoms with van der Waals surface area (Å²) >= 11 is 5.63. The van der Waals surface area contributed by atoms with Crippen LogP contribution in [0.25, 0.3) is 0 Å². The number of nitrogens with one attached hydrogen (secondary N) is 1. The van der Waals surface area contributed by atoms with Crippen LogP contribution >= 0.6 is 11.6 Å². The second-order valence-corrected chi connectivity index (χ2v) is 3.46. The Kier molecular flexibility index (Phi) is 5.18. The topological polar surface area (TPSA) is 71.5 Å². The summed E-state index contributed by atoms with van der Waals surface area (Å²) in [6.07, 6.45) is 0.212. The van der Waals surface area contributed by atoms with E-state index in [9.17, 15) is 9.90 Å². The number of carbonyl (C=O) groups excluding carboxylic acids is 1. The molecule has 0 bridgehead atoms. The van der Waals surface area contributed by atoms with Gasteiger partial charge in [-0.05, 0) is 19.1 Å². The van der Waals surface area contributed by atoms with Gasteiger partial charge < -0.3 is 15.2 Å².